The number of benzene rings is 1. The number of carbonyl (C=O) groups is 1. The minimum Gasteiger partial charge on any atom is -0.481 e. The lowest BCUT2D eigenvalue weighted by Crippen LogP contribution is -2.29. The van der Waals surface area contributed by atoms with E-state index in [1.807, 2.05) is 13.0 Å². The van der Waals surface area contributed by atoms with Gasteiger partial charge in [0.15, 0.2) is 5.82 Å². The van der Waals surface area contributed by atoms with Crippen LogP contribution in [-0.2, 0) is 5.60 Å². The van der Waals surface area contributed by atoms with Gasteiger partial charge >= 0.3 is 0 Å². The zero-order valence-electron chi connectivity index (χ0n) is 23.2. The summed E-state index contributed by atoms with van der Waals surface area (Å²) in [5.41, 5.74) is 1.81. The van der Waals surface area contributed by atoms with Gasteiger partial charge in [-0.1, -0.05) is 13.3 Å². The largest absolute Gasteiger partial charge is 0.481 e. The normalized spacial score (nSPS) is 14.4. The Morgan fingerprint density at radius 2 is 1.90 bits per heavy atom. The van der Waals surface area contributed by atoms with Gasteiger partial charge in [0, 0.05) is 46.8 Å². The number of pyridine rings is 2. The minimum atomic E-state index is -1.48. The third-order valence-corrected chi connectivity index (χ3v) is 7.33. The van der Waals surface area contributed by atoms with Crippen molar-refractivity contribution < 1.29 is 23.4 Å². The van der Waals surface area contributed by atoms with Crippen LogP contribution in [0, 0.1) is 11.6 Å². The summed E-state index contributed by atoms with van der Waals surface area (Å²) in [7, 11) is 1.55. The van der Waals surface area contributed by atoms with Crippen LogP contribution in [0.3, 0.4) is 0 Å². The first-order valence-corrected chi connectivity index (χ1v) is 13.6. The molecule has 1 fully saturated rings. The van der Waals surface area contributed by atoms with Gasteiger partial charge in [-0.2, -0.15) is 5.10 Å². The van der Waals surface area contributed by atoms with Crippen molar-refractivity contribution in [3.8, 4) is 17.1 Å². The Kier molecular flexibility index (Phi) is 7.59. The Morgan fingerprint density at radius 3 is 2.52 bits per heavy atom. The maximum absolute atomic E-state index is 15.6. The van der Waals surface area contributed by atoms with Gasteiger partial charge in [0.1, 0.15) is 11.5 Å². The van der Waals surface area contributed by atoms with E-state index in [4.69, 9.17) is 4.74 Å². The van der Waals surface area contributed by atoms with Crippen molar-refractivity contribution >= 4 is 11.4 Å². The Hall–Kier alpha value is -3.85. The number of aliphatic hydroxyl groups is 1. The second-order valence-electron chi connectivity index (χ2n) is 11.0. The monoisotopic (exact) mass is 548 g/mol. The van der Waals surface area contributed by atoms with Crippen LogP contribution in [0.4, 0.5) is 8.78 Å². The third-order valence-electron chi connectivity index (χ3n) is 7.33. The lowest BCUT2D eigenvalue weighted by molar-refractivity contribution is 0.0743. The summed E-state index contributed by atoms with van der Waals surface area (Å²) in [5.74, 6) is -0.693. The van der Waals surface area contributed by atoms with E-state index in [2.05, 4.69) is 15.4 Å². The molecule has 3 heterocycles. The number of amides is 1. The van der Waals surface area contributed by atoms with Crippen molar-refractivity contribution in [1.29, 1.82) is 0 Å². The number of aromatic nitrogens is 3. The molecule has 40 heavy (non-hydrogen) atoms. The van der Waals surface area contributed by atoms with Crippen molar-refractivity contribution in [2.45, 2.75) is 63.9 Å². The zero-order valence-corrected chi connectivity index (χ0v) is 23.2. The zero-order chi connectivity index (χ0) is 28.6. The molecule has 1 aromatic carbocycles. The standard InChI is InChI=1S/C31H34F2N4O3/c1-5-6-20(25-16-24(31(2,3)39)28(33)29(35-25)19-9-11-22(32)12-10-19)17-34-30(38)21-13-23-15-26(18-7-8-18)36-37(23)27(14-21)40-4/h9-16,18,20,39H,5-8,17H2,1-4H3,(H,34,38). The van der Waals surface area contributed by atoms with Crippen LogP contribution in [0.15, 0.2) is 48.5 Å². The molecular formula is C31H34F2N4O3. The predicted molar refractivity (Wildman–Crippen MR) is 149 cm³/mol. The summed E-state index contributed by atoms with van der Waals surface area (Å²) in [5, 5.41) is 18.4. The Balaban J connectivity index is 1.44. The molecule has 5 rings (SSSR count). The molecule has 0 bridgehead atoms. The fourth-order valence-corrected chi connectivity index (χ4v) is 4.97. The van der Waals surface area contributed by atoms with E-state index in [1.165, 1.54) is 38.1 Å². The van der Waals surface area contributed by atoms with Gasteiger partial charge in [0.05, 0.1) is 23.9 Å². The lowest BCUT2D eigenvalue weighted by atomic mass is 9.91. The summed E-state index contributed by atoms with van der Waals surface area (Å²) in [6.45, 7) is 5.29. The summed E-state index contributed by atoms with van der Waals surface area (Å²) in [6, 6.07) is 12.4. The molecule has 2 N–H and O–H groups in total. The quantitative estimate of drug-likeness (QED) is 0.250. The van der Waals surface area contributed by atoms with Crippen molar-refractivity contribution in [3.63, 3.8) is 0 Å². The number of fused-ring (bicyclic) bond motifs is 1. The summed E-state index contributed by atoms with van der Waals surface area (Å²) >= 11 is 0. The topological polar surface area (TPSA) is 88.8 Å². The number of carbonyl (C=O) groups excluding carboxylic acids is 1. The van der Waals surface area contributed by atoms with Crippen LogP contribution in [0.25, 0.3) is 16.8 Å². The molecular weight excluding hydrogens is 514 g/mol. The molecule has 1 atom stereocenters. The van der Waals surface area contributed by atoms with Crippen LogP contribution in [-0.4, -0.2) is 39.3 Å². The molecule has 0 radical (unpaired) electrons. The molecule has 9 heteroatoms. The van der Waals surface area contributed by atoms with Crippen LogP contribution in [0.5, 0.6) is 5.88 Å². The Labute approximate surface area is 232 Å². The molecule has 1 amide bonds. The highest BCUT2D eigenvalue weighted by atomic mass is 19.1. The molecule has 1 saturated carbocycles. The number of halogens is 2. The van der Waals surface area contributed by atoms with Crippen molar-refractivity contribution in [2.24, 2.45) is 0 Å². The number of nitrogens with zero attached hydrogens (tertiary/aromatic N) is 3. The number of ether oxygens (including phenoxy) is 1. The highest BCUT2D eigenvalue weighted by Crippen LogP contribution is 2.40. The number of methoxy groups -OCH3 is 1. The Morgan fingerprint density at radius 1 is 1.18 bits per heavy atom. The maximum atomic E-state index is 15.6. The number of rotatable bonds is 10. The van der Waals surface area contributed by atoms with Crippen molar-refractivity contribution in [1.82, 2.24) is 19.9 Å². The second kappa shape index (κ2) is 11.0. The molecule has 1 unspecified atom stereocenters. The van der Waals surface area contributed by atoms with E-state index in [-0.39, 0.29) is 29.6 Å². The summed E-state index contributed by atoms with van der Waals surface area (Å²) < 4.78 is 36.4. The molecule has 0 saturated heterocycles. The Bertz CT molecular complexity index is 1540. The number of nitrogens with one attached hydrogen (secondary N) is 1. The van der Waals surface area contributed by atoms with Crippen molar-refractivity contribution in [2.75, 3.05) is 13.7 Å². The fraction of sp³-hybridized carbons (Fsp3) is 0.387. The van der Waals surface area contributed by atoms with Crippen LogP contribution in [0.1, 0.15) is 85.6 Å². The second-order valence-corrected chi connectivity index (χ2v) is 11.0. The van der Waals surface area contributed by atoms with Gasteiger partial charge in [-0.3, -0.25) is 4.79 Å². The smallest absolute Gasteiger partial charge is 0.251 e. The van der Waals surface area contributed by atoms with E-state index in [9.17, 15) is 14.3 Å². The number of hydrogen-bond donors (Lipinski definition) is 2. The molecule has 210 valence electrons. The first kappa shape index (κ1) is 27.7. The highest BCUT2D eigenvalue weighted by Gasteiger charge is 2.29. The van der Waals surface area contributed by atoms with Crippen LogP contribution < -0.4 is 10.1 Å². The molecule has 0 spiro atoms. The summed E-state index contributed by atoms with van der Waals surface area (Å²) in [6.07, 6.45) is 3.70. The fourth-order valence-electron chi connectivity index (χ4n) is 4.97. The molecule has 7 nitrogen and oxygen atoms in total. The number of hydrogen-bond acceptors (Lipinski definition) is 5. The van der Waals surface area contributed by atoms with Gasteiger partial charge < -0.3 is 15.2 Å². The highest BCUT2D eigenvalue weighted by molar-refractivity contribution is 5.95. The van der Waals surface area contributed by atoms with E-state index >= 15 is 4.39 Å². The molecule has 4 aromatic rings. The SMILES string of the molecule is CCCC(CNC(=O)c1cc(OC)n2nc(C3CC3)cc2c1)c1cc(C(C)(C)O)c(F)c(-c2ccc(F)cc2)n1. The van der Waals surface area contributed by atoms with E-state index in [0.29, 0.717) is 35.0 Å². The predicted octanol–water partition coefficient (Wildman–Crippen LogP) is 6.10. The van der Waals surface area contributed by atoms with Crippen molar-refractivity contribution in [3.05, 3.63) is 82.7 Å². The van der Waals surface area contributed by atoms with Crippen LogP contribution >= 0.6 is 0 Å². The van der Waals surface area contributed by atoms with Gasteiger partial charge in [-0.15, -0.1) is 0 Å². The molecule has 3 aromatic heterocycles. The van der Waals surface area contributed by atoms with E-state index in [1.54, 1.807) is 29.8 Å². The molecule has 1 aliphatic carbocycles. The average Bonchev–Trinajstić information content (AvgIpc) is 3.69. The first-order valence-electron chi connectivity index (χ1n) is 13.6. The lowest BCUT2D eigenvalue weighted by Gasteiger charge is -2.24. The van der Waals surface area contributed by atoms with Gasteiger partial charge in [-0.05, 0) is 75.6 Å². The molecule has 1 aliphatic rings. The van der Waals surface area contributed by atoms with E-state index in [0.717, 1.165) is 30.5 Å². The van der Waals surface area contributed by atoms with E-state index < -0.39 is 17.2 Å². The van der Waals surface area contributed by atoms with Gasteiger partial charge in [0.2, 0.25) is 5.88 Å². The average molecular weight is 549 g/mol. The van der Waals surface area contributed by atoms with Crippen LogP contribution in [0.2, 0.25) is 0 Å². The van der Waals surface area contributed by atoms with Gasteiger partial charge in [-0.25, -0.2) is 18.3 Å². The first-order chi connectivity index (χ1) is 19.1. The maximum Gasteiger partial charge on any atom is 0.251 e. The van der Waals surface area contributed by atoms with Gasteiger partial charge in [0.25, 0.3) is 5.91 Å². The minimum absolute atomic E-state index is 0.0319. The third kappa shape index (κ3) is 5.70. The molecule has 0 aliphatic heterocycles. The summed E-state index contributed by atoms with van der Waals surface area (Å²) in [4.78, 5) is 17.9.